The Hall–Kier alpha value is -1.62. The quantitative estimate of drug-likeness (QED) is 0.828. The van der Waals surface area contributed by atoms with Crippen LogP contribution in [-0.4, -0.2) is 27.2 Å². The van der Waals surface area contributed by atoms with Crippen molar-refractivity contribution in [1.29, 1.82) is 0 Å². The second-order valence-electron chi connectivity index (χ2n) is 4.31. The summed E-state index contributed by atoms with van der Waals surface area (Å²) in [6.45, 7) is 2.63. The molecule has 5 heteroatoms. The first-order valence-corrected chi connectivity index (χ1v) is 7.40. The van der Waals surface area contributed by atoms with Gasteiger partial charge in [0.2, 0.25) is 0 Å². The molecule has 0 aliphatic carbocycles. The molecular weight excluding hydrogens is 246 g/mol. The van der Waals surface area contributed by atoms with Crippen molar-refractivity contribution in [3.8, 4) is 0 Å². The molecule has 0 aliphatic heterocycles. The van der Waals surface area contributed by atoms with Crippen molar-refractivity contribution in [2.75, 3.05) is 23.9 Å². The van der Waals surface area contributed by atoms with Gasteiger partial charge in [0, 0.05) is 63.4 Å². The monoisotopic (exact) mass is 263 g/mol. The molecule has 2 aromatic rings. The summed E-state index contributed by atoms with van der Waals surface area (Å²) >= 11 is 0. The molecule has 0 amide bonds. The van der Waals surface area contributed by atoms with E-state index >= 15 is 0 Å². The Morgan fingerprint density at radius 3 is 2.89 bits per heavy atom. The van der Waals surface area contributed by atoms with Crippen LogP contribution >= 0.6 is 0 Å². The number of nitrogen functional groups attached to an aromatic ring is 1. The van der Waals surface area contributed by atoms with Crippen LogP contribution < -0.4 is 11.1 Å². The summed E-state index contributed by atoms with van der Waals surface area (Å²) in [6, 6.07) is 5.74. The zero-order valence-electron chi connectivity index (χ0n) is 10.5. The molecule has 0 bridgehead atoms. The SMILES string of the molecule is CC(CNc1ccc(N)c2cnccc12)S(C)=O. The Kier molecular flexibility index (Phi) is 3.81. The van der Waals surface area contributed by atoms with Gasteiger partial charge in [-0.05, 0) is 25.1 Å². The van der Waals surface area contributed by atoms with Crippen LogP contribution in [0.5, 0.6) is 0 Å². The molecule has 1 aromatic heterocycles. The molecule has 1 aromatic carbocycles. The number of anilines is 2. The molecule has 18 heavy (non-hydrogen) atoms. The lowest BCUT2D eigenvalue weighted by Gasteiger charge is -2.14. The third kappa shape index (κ3) is 2.61. The average molecular weight is 263 g/mol. The van der Waals surface area contributed by atoms with Crippen molar-refractivity contribution in [3.05, 3.63) is 30.6 Å². The number of nitrogens with zero attached hydrogens (tertiary/aromatic N) is 1. The van der Waals surface area contributed by atoms with Crippen molar-refractivity contribution in [2.45, 2.75) is 12.2 Å². The zero-order chi connectivity index (χ0) is 13.1. The highest BCUT2D eigenvalue weighted by molar-refractivity contribution is 7.84. The lowest BCUT2D eigenvalue weighted by atomic mass is 10.1. The van der Waals surface area contributed by atoms with Gasteiger partial charge < -0.3 is 11.1 Å². The third-order valence-electron chi connectivity index (χ3n) is 3.00. The highest BCUT2D eigenvalue weighted by Crippen LogP contribution is 2.27. The van der Waals surface area contributed by atoms with Gasteiger partial charge in [0.05, 0.1) is 0 Å². The molecule has 4 nitrogen and oxygen atoms in total. The van der Waals surface area contributed by atoms with E-state index in [1.54, 1.807) is 18.6 Å². The van der Waals surface area contributed by atoms with Gasteiger partial charge in [-0.25, -0.2) is 0 Å². The zero-order valence-corrected chi connectivity index (χ0v) is 11.3. The number of fused-ring (bicyclic) bond motifs is 1. The Labute approximate surface area is 109 Å². The minimum absolute atomic E-state index is 0.111. The molecule has 2 rings (SSSR count). The normalized spacial score (nSPS) is 14.3. The highest BCUT2D eigenvalue weighted by Gasteiger charge is 2.08. The van der Waals surface area contributed by atoms with Crippen molar-refractivity contribution in [2.24, 2.45) is 0 Å². The molecule has 0 aliphatic rings. The minimum Gasteiger partial charge on any atom is -0.398 e. The standard InChI is InChI=1S/C13H17N3OS/c1-9(18(2)17)7-16-13-4-3-12(14)11-8-15-6-5-10(11)13/h3-6,8-9,16H,7,14H2,1-2H3. The number of benzene rings is 1. The van der Waals surface area contributed by atoms with Gasteiger partial charge in [-0.15, -0.1) is 0 Å². The van der Waals surface area contributed by atoms with E-state index in [1.807, 2.05) is 25.1 Å². The summed E-state index contributed by atoms with van der Waals surface area (Å²) < 4.78 is 11.3. The number of nitrogens with two attached hydrogens (primary N) is 1. The first-order chi connectivity index (χ1) is 8.59. The van der Waals surface area contributed by atoms with Crippen molar-refractivity contribution in [1.82, 2.24) is 4.98 Å². The van der Waals surface area contributed by atoms with Gasteiger partial charge in [0.25, 0.3) is 0 Å². The van der Waals surface area contributed by atoms with Gasteiger partial charge >= 0.3 is 0 Å². The first kappa shape index (κ1) is 12.8. The maximum absolute atomic E-state index is 11.3. The van der Waals surface area contributed by atoms with Crippen molar-refractivity contribution in [3.63, 3.8) is 0 Å². The smallest absolute Gasteiger partial charge is 0.0489 e. The van der Waals surface area contributed by atoms with E-state index in [0.717, 1.165) is 22.1 Å². The van der Waals surface area contributed by atoms with E-state index in [4.69, 9.17) is 5.73 Å². The van der Waals surface area contributed by atoms with Crippen LogP contribution in [-0.2, 0) is 10.8 Å². The topological polar surface area (TPSA) is 68.0 Å². The largest absolute Gasteiger partial charge is 0.398 e. The molecular formula is C13H17N3OS. The number of pyridine rings is 1. The van der Waals surface area contributed by atoms with E-state index in [0.29, 0.717) is 6.54 Å². The summed E-state index contributed by atoms with van der Waals surface area (Å²) in [5, 5.41) is 5.41. The Bertz CT molecular complexity index is 585. The molecule has 0 fully saturated rings. The van der Waals surface area contributed by atoms with Crippen LogP contribution in [0.25, 0.3) is 10.8 Å². The Morgan fingerprint density at radius 2 is 2.17 bits per heavy atom. The Balaban J connectivity index is 2.29. The minimum atomic E-state index is -0.822. The Morgan fingerprint density at radius 1 is 1.39 bits per heavy atom. The second kappa shape index (κ2) is 5.35. The molecule has 0 saturated heterocycles. The fourth-order valence-corrected chi connectivity index (χ4v) is 2.06. The van der Waals surface area contributed by atoms with Gasteiger partial charge in [0.15, 0.2) is 0 Å². The number of aromatic nitrogens is 1. The van der Waals surface area contributed by atoms with Crippen LogP contribution in [0.3, 0.4) is 0 Å². The highest BCUT2D eigenvalue weighted by atomic mass is 32.2. The van der Waals surface area contributed by atoms with Crippen LogP contribution in [0.4, 0.5) is 11.4 Å². The van der Waals surface area contributed by atoms with E-state index in [-0.39, 0.29) is 5.25 Å². The van der Waals surface area contributed by atoms with Crippen LogP contribution in [0.1, 0.15) is 6.92 Å². The van der Waals surface area contributed by atoms with Crippen LogP contribution in [0.15, 0.2) is 30.6 Å². The van der Waals surface area contributed by atoms with Gasteiger partial charge in [0.1, 0.15) is 0 Å². The number of hydrogen-bond donors (Lipinski definition) is 2. The third-order valence-corrected chi connectivity index (χ3v) is 4.30. The van der Waals surface area contributed by atoms with Crippen LogP contribution in [0.2, 0.25) is 0 Å². The fourth-order valence-electron chi connectivity index (χ4n) is 1.74. The van der Waals surface area contributed by atoms with E-state index < -0.39 is 10.8 Å². The maximum Gasteiger partial charge on any atom is 0.0489 e. The first-order valence-electron chi connectivity index (χ1n) is 5.78. The number of nitrogens with one attached hydrogen (secondary N) is 1. The van der Waals surface area contributed by atoms with Gasteiger partial charge in [-0.2, -0.15) is 0 Å². The predicted octanol–water partition coefficient (Wildman–Crippen LogP) is 2.00. The number of rotatable bonds is 4. The summed E-state index contributed by atoms with van der Waals surface area (Å²) in [5.41, 5.74) is 7.63. The molecule has 3 N–H and O–H groups in total. The molecule has 2 unspecified atom stereocenters. The average Bonchev–Trinajstić information content (AvgIpc) is 2.38. The molecule has 1 heterocycles. The fraction of sp³-hybridized carbons (Fsp3) is 0.308. The summed E-state index contributed by atoms with van der Waals surface area (Å²) in [7, 11) is -0.822. The molecule has 2 atom stereocenters. The maximum atomic E-state index is 11.3. The molecule has 0 radical (unpaired) electrons. The van der Waals surface area contributed by atoms with Gasteiger partial charge in [-0.1, -0.05) is 0 Å². The number of hydrogen-bond acceptors (Lipinski definition) is 4. The van der Waals surface area contributed by atoms with Crippen molar-refractivity contribution < 1.29 is 4.21 Å². The molecule has 0 saturated carbocycles. The van der Waals surface area contributed by atoms with Crippen LogP contribution in [0, 0.1) is 0 Å². The second-order valence-corrected chi connectivity index (χ2v) is 6.12. The lowest BCUT2D eigenvalue weighted by Crippen LogP contribution is -2.20. The predicted molar refractivity (Wildman–Crippen MR) is 78.2 cm³/mol. The summed E-state index contributed by atoms with van der Waals surface area (Å²) in [6.07, 6.45) is 5.23. The van der Waals surface area contributed by atoms with Crippen molar-refractivity contribution >= 4 is 32.9 Å². The molecule has 0 spiro atoms. The van der Waals surface area contributed by atoms with E-state index in [9.17, 15) is 4.21 Å². The molecule has 96 valence electrons. The summed E-state index contributed by atoms with van der Waals surface area (Å²) in [4.78, 5) is 4.08. The van der Waals surface area contributed by atoms with Gasteiger partial charge in [-0.3, -0.25) is 9.19 Å². The summed E-state index contributed by atoms with van der Waals surface area (Å²) in [5.74, 6) is 0. The van der Waals surface area contributed by atoms with E-state index in [2.05, 4.69) is 10.3 Å². The van der Waals surface area contributed by atoms with E-state index in [1.165, 1.54) is 0 Å². The lowest BCUT2D eigenvalue weighted by molar-refractivity contribution is 0.679.